The molecule has 0 radical (unpaired) electrons. The summed E-state index contributed by atoms with van der Waals surface area (Å²) in [5, 5.41) is 3.45. The molecular weight excluding hydrogens is 177 g/mol. The van der Waals surface area contributed by atoms with E-state index in [0.717, 1.165) is 11.6 Å². The van der Waals surface area contributed by atoms with Crippen LogP contribution in [0.1, 0.15) is 26.2 Å². The molecular formula is C12H16FN. The average molecular weight is 193 g/mol. The molecule has 1 aromatic rings. The first-order chi connectivity index (χ1) is 6.75. The van der Waals surface area contributed by atoms with Crippen molar-refractivity contribution in [1.82, 2.24) is 0 Å². The van der Waals surface area contributed by atoms with Crippen LogP contribution in [0.25, 0.3) is 0 Å². The number of nitrogens with one attached hydrogen (secondary N) is 1. The van der Waals surface area contributed by atoms with E-state index in [4.69, 9.17) is 0 Å². The van der Waals surface area contributed by atoms with Crippen LogP contribution in [-0.2, 0) is 0 Å². The van der Waals surface area contributed by atoms with Gasteiger partial charge < -0.3 is 5.32 Å². The van der Waals surface area contributed by atoms with Gasteiger partial charge in [0.15, 0.2) is 0 Å². The summed E-state index contributed by atoms with van der Waals surface area (Å²) in [6.45, 7) is 2.27. The van der Waals surface area contributed by atoms with Crippen molar-refractivity contribution in [2.75, 3.05) is 5.32 Å². The molecule has 0 saturated heterocycles. The maximum Gasteiger partial charge on any atom is 0.123 e. The second kappa shape index (κ2) is 3.99. The van der Waals surface area contributed by atoms with Gasteiger partial charge >= 0.3 is 0 Å². The first kappa shape index (κ1) is 9.50. The predicted octanol–water partition coefficient (Wildman–Crippen LogP) is 3.43. The Kier molecular flexibility index (Phi) is 2.71. The van der Waals surface area contributed by atoms with Crippen LogP contribution in [0, 0.1) is 11.7 Å². The fraction of sp³-hybridized carbons (Fsp3) is 0.500. The van der Waals surface area contributed by atoms with E-state index < -0.39 is 0 Å². The molecule has 1 saturated carbocycles. The minimum atomic E-state index is -0.171. The summed E-state index contributed by atoms with van der Waals surface area (Å²) >= 11 is 0. The number of anilines is 1. The normalized spacial score (nSPS) is 26.4. The second-order valence-corrected chi connectivity index (χ2v) is 4.17. The van der Waals surface area contributed by atoms with Gasteiger partial charge in [-0.1, -0.05) is 13.3 Å². The molecule has 1 aliphatic rings. The van der Waals surface area contributed by atoms with Crippen molar-refractivity contribution in [2.24, 2.45) is 5.92 Å². The third kappa shape index (κ3) is 2.06. The van der Waals surface area contributed by atoms with Crippen LogP contribution in [0.3, 0.4) is 0 Å². The van der Waals surface area contributed by atoms with Gasteiger partial charge in [0.1, 0.15) is 5.82 Å². The molecule has 2 rings (SSSR count). The fourth-order valence-electron chi connectivity index (χ4n) is 2.12. The first-order valence-corrected chi connectivity index (χ1v) is 5.28. The van der Waals surface area contributed by atoms with E-state index in [0.29, 0.717) is 6.04 Å². The van der Waals surface area contributed by atoms with Crippen LogP contribution in [0.4, 0.5) is 10.1 Å². The number of hydrogen-bond donors (Lipinski definition) is 1. The summed E-state index contributed by atoms with van der Waals surface area (Å²) in [5.41, 5.74) is 1.03. The van der Waals surface area contributed by atoms with Crippen molar-refractivity contribution < 1.29 is 4.39 Å². The third-order valence-electron chi connectivity index (χ3n) is 3.06. The van der Waals surface area contributed by atoms with Gasteiger partial charge in [0, 0.05) is 11.7 Å². The fourth-order valence-corrected chi connectivity index (χ4v) is 2.12. The van der Waals surface area contributed by atoms with E-state index in [9.17, 15) is 4.39 Å². The Bertz CT molecular complexity index is 294. The maximum absolute atomic E-state index is 12.6. The molecule has 0 aliphatic heterocycles. The van der Waals surface area contributed by atoms with Gasteiger partial charge in [-0.05, 0) is 43.0 Å². The van der Waals surface area contributed by atoms with Crippen LogP contribution in [-0.4, -0.2) is 6.04 Å². The molecule has 76 valence electrons. The molecule has 0 spiro atoms. The molecule has 1 N–H and O–H groups in total. The molecule has 0 unspecified atom stereocenters. The molecule has 1 nitrogen and oxygen atoms in total. The third-order valence-corrected chi connectivity index (χ3v) is 3.06. The van der Waals surface area contributed by atoms with Gasteiger partial charge in [-0.25, -0.2) is 4.39 Å². The first-order valence-electron chi connectivity index (χ1n) is 5.28. The topological polar surface area (TPSA) is 12.0 Å². The van der Waals surface area contributed by atoms with E-state index in [2.05, 4.69) is 12.2 Å². The Labute approximate surface area is 84.3 Å². The summed E-state index contributed by atoms with van der Waals surface area (Å²) in [7, 11) is 0. The zero-order valence-electron chi connectivity index (χ0n) is 8.46. The molecule has 1 aliphatic carbocycles. The highest BCUT2D eigenvalue weighted by Crippen LogP contribution is 2.27. The van der Waals surface area contributed by atoms with Crippen molar-refractivity contribution in [2.45, 2.75) is 32.2 Å². The van der Waals surface area contributed by atoms with Crippen LogP contribution in [0.5, 0.6) is 0 Å². The highest BCUT2D eigenvalue weighted by Gasteiger charge is 2.22. The molecule has 0 heterocycles. The minimum Gasteiger partial charge on any atom is -0.382 e. The predicted molar refractivity (Wildman–Crippen MR) is 56.8 cm³/mol. The Morgan fingerprint density at radius 2 is 1.93 bits per heavy atom. The van der Waals surface area contributed by atoms with Gasteiger partial charge in [-0.2, -0.15) is 0 Å². The summed E-state index contributed by atoms with van der Waals surface area (Å²) in [5.74, 6) is 0.565. The van der Waals surface area contributed by atoms with Crippen LogP contribution in [0.15, 0.2) is 24.3 Å². The summed E-state index contributed by atoms with van der Waals surface area (Å²) in [4.78, 5) is 0. The Hall–Kier alpha value is -1.05. The quantitative estimate of drug-likeness (QED) is 0.758. The maximum atomic E-state index is 12.6. The van der Waals surface area contributed by atoms with Crippen LogP contribution >= 0.6 is 0 Å². The van der Waals surface area contributed by atoms with Crippen LogP contribution < -0.4 is 5.32 Å². The summed E-state index contributed by atoms with van der Waals surface area (Å²) in [6, 6.07) is 7.19. The number of halogens is 1. The lowest BCUT2D eigenvalue weighted by atomic mass is 10.1. The molecule has 14 heavy (non-hydrogen) atoms. The highest BCUT2D eigenvalue weighted by atomic mass is 19.1. The smallest absolute Gasteiger partial charge is 0.123 e. The zero-order valence-corrected chi connectivity index (χ0v) is 8.46. The molecule has 1 aromatic carbocycles. The van der Waals surface area contributed by atoms with Crippen LogP contribution in [0.2, 0.25) is 0 Å². The number of benzene rings is 1. The van der Waals surface area contributed by atoms with Gasteiger partial charge in [0.05, 0.1) is 0 Å². The van der Waals surface area contributed by atoms with E-state index in [1.54, 1.807) is 12.1 Å². The standard InChI is InChI=1S/C12H16FN/c1-9-3-2-4-12(9)14-11-7-5-10(13)6-8-11/h5-9,12,14H,2-4H2,1H3/t9-,12+/m0/s1. The van der Waals surface area contributed by atoms with Gasteiger partial charge in [-0.3, -0.25) is 0 Å². The van der Waals surface area contributed by atoms with E-state index in [-0.39, 0.29) is 5.82 Å². The lowest BCUT2D eigenvalue weighted by Crippen LogP contribution is -2.21. The molecule has 0 amide bonds. The molecule has 2 heteroatoms. The zero-order chi connectivity index (χ0) is 9.97. The monoisotopic (exact) mass is 193 g/mol. The molecule has 1 fully saturated rings. The number of hydrogen-bond acceptors (Lipinski definition) is 1. The highest BCUT2D eigenvalue weighted by molar-refractivity contribution is 5.44. The van der Waals surface area contributed by atoms with Crippen molar-refractivity contribution in [3.8, 4) is 0 Å². The van der Waals surface area contributed by atoms with Crippen molar-refractivity contribution in [3.05, 3.63) is 30.1 Å². The van der Waals surface area contributed by atoms with Crippen molar-refractivity contribution in [3.63, 3.8) is 0 Å². The van der Waals surface area contributed by atoms with Gasteiger partial charge in [0.2, 0.25) is 0 Å². The average Bonchev–Trinajstić information content (AvgIpc) is 2.56. The van der Waals surface area contributed by atoms with Crippen molar-refractivity contribution >= 4 is 5.69 Å². The van der Waals surface area contributed by atoms with E-state index in [1.165, 1.54) is 31.4 Å². The summed E-state index contributed by atoms with van der Waals surface area (Å²) < 4.78 is 12.6. The SMILES string of the molecule is C[C@H]1CCC[C@H]1Nc1ccc(F)cc1. The molecule has 0 aromatic heterocycles. The second-order valence-electron chi connectivity index (χ2n) is 4.17. The Morgan fingerprint density at radius 1 is 1.21 bits per heavy atom. The Balaban J connectivity index is 2.00. The minimum absolute atomic E-state index is 0.171. The molecule has 0 bridgehead atoms. The Morgan fingerprint density at radius 3 is 2.50 bits per heavy atom. The van der Waals surface area contributed by atoms with Gasteiger partial charge in [0.25, 0.3) is 0 Å². The largest absolute Gasteiger partial charge is 0.382 e. The lowest BCUT2D eigenvalue weighted by Gasteiger charge is -2.18. The van der Waals surface area contributed by atoms with E-state index in [1.807, 2.05) is 0 Å². The molecule has 2 atom stereocenters. The van der Waals surface area contributed by atoms with Gasteiger partial charge in [-0.15, -0.1) is 0 Å². The van der Waals surface area contributed by atoms with Crippen molar-refractivity contribution in [1.29, 1.82) is 0 Å². The van der Waals surface area contributed by atoms with E-state index >= 15 is 0 Å². The number of rotatable bonds is 2. The lowest BCUT2D eigenvalue weighted by molar-refractivity contribution is 0.556. The summed E-state index contributed by atoms with van der Waals surface area (Å²) in [6.07, 6.45) is 3.84.